The largest absolute Gasteiger partial charge is 0.338 e. The summed E-state index contributed by atoms with van der Waals surface area (Å²) in [5.74, 6) is 0.179. The second-order valence-electron chi connectivity index (χ2n) is 5.10. The molecule has 0 saturated carbocycles. The quantitative estimate of drug-likeness (QED) is 0.504. The molecule has 8 heteroatoms. The standard InChI is InChI=1S/C14H19N3O3S.ClH/c1-15-8-10-5-6-16(9-10)14(18)12-7-11(21-2)3-4-13(12)17(19)20;/h3-4,7,10,15H,5-6,8-9H2,1-2H3;1H. The average molecular weight is 346 g/mol. The smallest absolute Gasteiger partial charge is 0.282 e. The Labute approximate surface area is 140 Å². The number of hydrogen-bond donors (Lipinski definition) is 1. The summed E-state index contributed by atoms with van der Waals surface area (Å²) < 4.78 is 0. The SMILES string of the molecule is CNCC1CCN(C(=O)c2cc(SC)ccc2[N+](=O)[O-])C1.Cl. The van der Waals surface area contributed by atoms with E-state index in [-0.39, 0.29) is 29.6 Å². The first-order chi connectivity index (χ1) is 10.1. The first kappa shape index (κ1) is 18.7. The number of nitrogens with zero attached hydrogens (tertiary/aromatic N) is 2. The minimum atomic E-state index is -0.488. The van der Waals surface area contributed by atoms with E-state index in [0.717, 1.165) is 17.9 Å². The molecule has 1 saturated heterocycles. The van der Waals surface area contributed by atoms with Crippen molar-refractivity contribution < 1.29 is 9.72 Å². The predicted octanol–water partition coefficient (Wildman–Crippen LogP) is 2.42. The number of nitrogens with one attached hydrogen (secondary N) is 1. The second-order valence-corrected chi connectivity index (χ2v) is 5.98. The average Bonchev–Trinajstić information content (AvgIpc) is 2.94. The monoisotopic (exact) mass is 345 g/mol. The lowest BCUT2D eigenvalue weighted by molar-refractivity contribution is -0.385. The minimum Gasteiger partial charge on any atom is -0.338 e. The topological polar surface area (TPSA) is 75.5 Å². The van der Waals surface area contributed by atoms with Gasteiger partial charge >= 0.3 is 0 Å². The molecule has 1 amide bonds. The van der Waals surface area contributed by atoms with E-state index in [1.807, 2.05) is 13.3 Å². The number of nitro benzene ring substituents is 1. The molecule has 0 aromatic heterocycles. The Morgan fingerprint density at radius 2 is 2.27 bits per heavy atom. The van der Waals surface area contributed by atoms with E-state index in [9.17, 15) is 14.9 Å². The van der Waals surface area contributed by atoms with Crippen molar-refractivity contribution in [1.82, 2.24) is 10.2 Å². The van der Waals surface area contributed by atoms with Crippen molar-refractivity contribution in [3.63, 3.8) is 0 Å². The second kappa shape index (κ2) is 8.36. The molecule has 0 spiro atoms. The Kier molecular flexibility index (Phi) is 7.12. The number of nitro groups is 1. The lowest BCUT2D eigenvalue weighted by atomic mass is 10.1. The van der Waals surface area contributed by atoms with Gasteiger partial charge in [0.2, 0.25) is 0 Å². The van der Waals surface area contributed by atoms with Gasteiger partial charge in [0, 0.05) is 24.1 Å². The lowest BCUT2D eigenvalue weighted by Crippen LogP contribution is -2.30. The Morgan fingerprint density at radius 3 is 2.86 bits per heavy atom. The van der Waals surface area contributed by atoms with Crippen molar-refractivity contribution in [1.29, 1.82) is 0 Å². The van der Waals surface area contributed by atoms with E-state index >= 15 is 0 Å². The highest BCUT2D eigenvalue weighted by molar-refractivity contribution is 7.98. The zero-order valence-corrected chi connectivity index (χ0v) is 14.2. The summed E-state index contributed by atoms with van der Waals surface area (Å²) >= 11 is 1.47. The molecule has 0 bridgehead atoms. The molecule has 122 valence electrons. The molecule has 2 rings (SSSR count). The van der Waals surface area contributed by atoms with Crippen LogP contribution in [0.2, 0.25) is 0 Å². The van der Waals surface area contributed by atoms with Crippen LogP contribution in [0.5, 0.6) is 0 Å². The highest BCUT2D eigenvalue weighted by Crippen LogP contribution is 2.27. The van der Waals surface area contributed by atoms with Gasteiger partial charge in [0.25, 0.3) is 11.6 Å². The van der Waals surface area contributed by atoms with Gasteiger partial charge in [0.1, 0.15) is 5.56 Å². The van der Waals surface area contributed by atoms with Crippen molar-refractivity contribution >= 4 is 35.8 Å². The van der Waals surface area contributed by atoms with Crippen molar-refractivity contribution in [3.05, 3.63) is 33.9 Å². The highest BCUT2D eigenvalue weighted by Gasteiger charge is 2.30. The molecule has 1 unspecified atom stereocenters. The summed E-state index contributed by atoms with van der Waals surface area (Å²) in [4.78, 5) is 25.8. The molecule has 1 N–H and O–H groups in total. The van der Waals surface area contributed by atoms with Gasteiger partial charge in [-0.1, -0.05) is 0 Å². The normalized spacial score (nSPS) is 17.2. The molecule has 1 aromatic carbocycles. The fourth-order valence-corrected chi connectivity index (χ4v) is 3.06. The third kappa shape index (κ3) is 4.12. The first-order valence-electron chi connectivity index (χ1n) is 6.83. The molecule has 1 aromatic rings. The maximum Gasteiger partial charge on any atom is 0.282 e. The van der Waals surface area contributed by atoms with Crippen LogP contribution in [0.1, 0.15) is 16.8 Å². The van der Waals surface area contributed by atoms with Crippen LogP contribution < -0.4 is 5.32 Å². The summed E-state index contributed by atoms with van der Waals surface area (Å²) in [5, 5.41) is 14.2. The van der Waals surface area contributed by atoms with Crippen molar-refractivity contribution in [2.75, 3.05) is 32.9 Å². The van der Waals surface area contributed by atoms with Gasteiger partial charge in [-0.3, -0.25) is 14.9 Å². The van der Waals surface area contributed by atoms with E-state index in [2.05, 4.69) is 5.32 Å². The number of amides is 1. The van der Waals surface area contributed by atoms with Crippen molar-refractivity contribution in [2.24, 2.45) is 5.92 Å². The lowest BCUT2D eigenvalue weighted by Gasteiger charge is -2.17. The number of hydrogen-bond acceptors (Lipinski definition) is 5. The van der Waals surface area contributed by atoms with Crippen LogP contribution in [0.25, 0.3) is 0 Å². The van der Waals surface area contributed by atoms with Crippen LogP contribution in [-0.4, -0.2) is 48.7 Å². The van der Waals surface area contributed by atoms with Crippen molar-refractivity contribution in [2.45, 2.75) is 11.3 Å². The van der Waals surface area contributed by atoms with Crippen LogP contribution in [-0.2, 0) is 0 Å². The summed E-state index contributed by atoms with van der Waals surface area (Å²) in [6, 6.07) is 4.71. The maximum atomic E-state index is 12.6. The van der Waals surface area contributed by atoms with Gasteiger partial charge in [-0.15, -0.1) is 24.2 Å². The number of likely N-dealkylation sites (tertiary alicyclic amines) is 1. The summed E-state index contributed by atoms with van der Waals surface area (Å²) in [7, 11) is 1.89. The molecule has 22 heavy (non-hydrogen) atoms. The number of carbonyl (C=O) groups is 1. The van der Waals surface area contributed by atoms with Crippen LogP contribution in [0.4, 0.5) is 5.69 Å². The fourth-order valence-electron chi connectivity index (χ4n) is 2.62. The number of halogens is 1. The first-order valence-corrected chi connectivity index (χ1v) is 8.05. The summed E-state index contributed by atoms with van der Waals surface area (Å²) in [6.45, 7) is 2.17. The van der Waals surface area contributed by atoms with Crippen LogP contribution >= 0.6 is 24.2 Å². The molecule has 1 aliphatic rings. The van der Waals surface area contributed by atoms with Gasteiger partial charge in [-0.2, -0.15) is 0 Å². The number of thioether (sulfide) groups is 1. The highest BCUT2D eigenvalue weighted by atomic mass is 35.5. The van der Waals surface area contributed by atoms with Crippen molar-refractivity contribution in [3.8, 4) is 0 Å². The zero-order valence-electron chi connectivity index (χ0n) is 12.6. The molecule has 1 aliphatic heterocycles. The molecule has 1 heterocycles. The van der Waals surface area contributed by atoms with Gasteiger partial charge in [-0.05, 0) is 44.3 Å². The van der Waals surface area contributed by atoms with Crippen LogP contribution in [0.3, 0.4) is 0 Å². The van der Waals surface area contributed by atoms with E-state index in [1.165, 1.54) is 17.8 Å². The Bertz CT molecular complexity index is 556. The molecular formula is C14H20ClN3O3S. The molecule has 0 aliphatic carbocycles. The third-order valence-electron chi connectivity index (χ3n) is 3.70. The fraction of sp³-hybridized carbons (Fsp3) is 0.500. The van der Waals surface area contributed by atoms with E-state index < -0.39 is 4.92 Å². The number of benzene rings is 1. The summed E-state index contributed by atoms with van der Waals surface area (Å²) in [6.07, 6.45) is 2.82. The molecular weight excluding hydrogens is 326 g/mol. The maximum absolute atomic E-state index is 12.6. The van der Waals surface area contributed by atoms with Crippen LogP contribution in [0, 0.1) is 16.0 Å². The predicted molar refractivity (Wildman–Crippen MR) is 90.1 cm³/mol. The van der Waals surface area contributed by atoms with Gasteiger partial charge in [-0.25, -0.2) is 0 Å². The number of carbonyl (C=O) groups excluding carboxylic acids is 1. The van der Waals surface area contributed by atoms with Crippen LogP contribution in [0.15, 0.2) is 23.1 Å². The minimum absolute atomic E-state index is 0. The Balaban J connectivity index is 0.00000242. The molecule has 0 radical (unpaired) electrons. The molecule has 1 fully saturated rings. The van der Waals surface area contributed by atoms with Gasteiger partial charge in [0.15, 0.2) is 0 Å². The van der Waals surface area contributed by atoms with E-state index in [4.69, 9.17) is 0 Å². The van der Waals surface area contributed by atoms with E-state index in [0.29, 0.717) is 19.0 Å². The van der Waals surface area contributed by atoms with Gasteiger partial charge < -0.3 is 10.2 Å². The zero-order chi connectivity index (χ0) is 15.4. The Hall–Kier alpha value is -1.31. The third-order valence-corrected chi connectivity index (χ3v) is 4.42. The van der Waals surface area contributed by atoms with E-state index in [1.54, 1.807) is 17.0 Å². The number of rotatable bonds is 5. The van der Waals surface area contributed by atoms with Gasteiger partial charge in [0.05, 0.1) is 4.92 Å². The molecule has 1 atom stereocenters. The molecule has 6 nitrogen and oxygen atoms in total. The summed E-state index contributed by atoms with van der Waals surface area (Å²) in [5.41, 5.74) is 0.0758. The Morgan fingerprint density at radius 1 is 1.55 bits per heavy atom.